The van der Waals surface area contributed by atoms with Gasteiger partial charge in [0.05, 0.1) is 0 Å². The standard InChI is InChI=1S/C17H19FN2O2S2/c1-23-16-20-14(10-24-16)15(21)19-11-17(5-7-22-8-6-17)12-3-2-4-13(18)9-12/h2-4,9-10H,5-8,11H2,1H3,(H,19,21). The van der Waals surface area contributed by atoms with E-state index in [1.165, 1.54) is 29.2 Å². The highest BCUT2D eigenvalue weighted by atomic mass is 32.2. The summed E-state index contributed by atoms with van der Waals surface area (Å²) in [5, 5.41) is 4.75. The first kappa shape index (κ1) is 17.4. The molecule has 0 saturated carbocycles. The van der Waals surface area contributed by atoms with Crippen LogP contribution in [0.15, 0.2) is 34.0 Å². The van der Waals surface area contributed by atoms with Crippen LogP contribution in [-0.4, -0.2) is 36.9 Å². The Morgan fingerprint density at radius 1 is 1.46 bits per heavy atom. The first-order valence-corrected chi connectivity index (χ1v) is 9.85. The zero-order valence-corrected chi connectivity index (χ0v) is 15.0. The molecule has 0 unspecified atom stereocenters. The molecule has 24 heavy (non-hydrogen) atoms. The van der Waals surface area contributed by atoms with Gasteiger partial charge in [-0.3, -0.25) is 4.79 Å². The van der Waals surface area contributed by atoms with E-state index < -0.39 is 0 Å². The molecule has 4 nitrogen and oxygen atoms in total. The Balaban J connectivity index is 1.76. The van der Waals surface area contributed by atoms with Gasteiger partial charge in [0.1, 0.15) is 15.9 Å². The van der Waals surface area contributed by atoms with Crippen molar-refractivity contribution in [1.82, 2.24) is 10.3 Å². The Kier molecular flexibility index (Phi) is 5.53. The maximum atomic E-state index is 13.7. The monoisotopic (exact) mass is 366 g/mol. The summed E-state index contributed by atoms with van der Waals surface area (Å²) < 4.78 is 20.0. The maximum Gasteiger partial charge on any atom is 0.270 e. The summed E-state index contributed by atoms with van der Waals surface area (Å²) in [6, 6.07) is 6.64. The molecule has 1 aliphatic heterocycles. The van der Waals surface area contributed by atoms with E-state index in [1.54, 1.807) is 17.5 Å². The second-order valence-electron chi connectivity index (χ2n) is 5.79. The van der Waals surface area contributed by atoms with Crippen molar-refractivity contribution in [3.63, 3.8) is 0 Å². The smallest absolute Gasteiger partial charge is 0.270 e. The van der Waals surface area contributed by atoms with Crippen LogP contribution in [0, 0.1) is 5.82 Å². The van der Waals surface area contributed by atoms with E-state index in [1.807, 2.05) is 12.3 Å². The van der Waals surface area contributed by atoms with Crippen LogP contribution >= 0.6 is 23.1 Å². The number of rotatable bonds is 5. The number of amides is 1. The number of carbonyl (C=O) groups is 1. The molecule has 1 amide bonds. The molecule has 1 aromatic heterocycles. The van der Waals surface area contributed by atoms with Crippen molar-refractivity contribution in [2.45, 2.75) is 22.6 Å². The minimum Gasteiger partial charge on any atom is -0.381 e. The van der Waals surface area contributed by atoms with Crippen LogP contribution in [0.2, 0.25) is 0 Å². The molecule has 1 aliphatic rings. The van der Waals surface area contributed by atoms with Gasteiger partial charge in [-0.1, -0.05) is 23.9 Å². The Bertz CT molecular complexity index is 714. The molecule has 0 radical (unpaired) electrons. The lowest BCUT2D eigenvalue weighted by atomic mass is 9.74. The number of nitrogens with zero attached hydrogens (tertiary/aromatic N) is 1. The summed E-state index contributed by atoms with van der Waals surface area (Å²) in [4.78, 5) is 16.7. The average Bonchev–Trinajstić information content (AvgIpc) is 3.10. The van der Waals surface area contributed by atoms with E-state index in [4.69, 9.17) is 4.74 Å². The Hall–Kier alpha value is -1.44. The molecule has 1 aromatic carbocycles. The number of carbonyl (C=O) groups excluding carboxylic acids is 1. The molecule has 7 heteroatoms. The zero-order valence-electron chi connectivity index (χ0n) is 13.4. The Labute approximate surface area is 148 Å². The van der Waals surface area contributed by atoms with Crippen LogP contribution in [0.5, 0.6) is 0 Å². The van der Waals surface area contributed by atoms with Crippen molar-refractivity contribution in [3.05, 3.63) is 46.7 Å². The fraction of sp³-hybridized carbons (Fsp3) is 0.412. The van der Waals surface area contributed by atoms with Crippen molar-refractivity contribution in [2.24, 2.45) is 0 Å². The fourth-order valence-electron chi connectivity index (χ4n) is 2.94. The van der Waals surface area contributed by atoms with Crippen LogP contribution in [0.25, 0.3) is 0 Å². The SMILES string of the molecule is CSc1nc(C(=O)NCC2(c3cccc(F)c3)CCOCC2)cs1. The minimum absolute atomic E-state index is 0.186. The van der Waals surface area contributed by atoms with Gasteiger partial charge in [0.25, 0.3) is 5.91 Å². The van der Waals surface area contributed by atoms with E-state index in [-0.39, 0.29) is 17.1 Å². The molecule has 2 aromatic rings. The van der Waals surface area contributed by atoms with Crippen LogP contribution in [0.1, 0.15) is 28.9 Å². The van der Waals surface area contributed by atoms with Gasteiger partial charge in [0.15, 0.2) is 0 Å². The van der Waals surface area contributed by atoms with Crippen LogP contribution in [-0.2, 0) is 10.2 Å². The number of benzene rings is 1. The number of hydrogen-bond donors (Lipinski definition) is 1. The first-order valence-electron chi connectivity index (χ1n) is 7.74. The van der Waals surface area contributed by atoms with Gasteiger partial charge in [0, 0.05) is 30.6 Å². The van der Waals surface area contributed by atoms with Crippen molar-refractivity contribution < 1.29 is 13.9 Å². The maximum absolute atomic E-state index is 13.7. The lowest BCUT2D eigenvalue weighted by Crippen LogP contribution is -2.44. The van der Waals surface area contributed by atoms with E-state index in [2.05, 4.69) is 10.3 Å². The van der Waals surface area contributed by atoms with Gasteiger partial charge in [0.2, 0.25) is 0 Å². The molecule has 0 aliphatic carbocycles. The lowest BCUT2D eigenvalue weighted by Gasteiger charge is -2.37. The summed E-state index contributed by atoms with van der Waals surface area (Å²) in [6.07, 6.45) is 3.44. The highest BCUT2D eigenvalue weighted by Crippen LogP contribution is 2.34. The average molecular weight is 366 g/mol. The second kappa shape index (κ2) is 7.63. The third-order valence-electron chi connectivity index (χ3n) is 4.36. The number of hydrogen-bond acceptors (Lipinski definition) is 5. The molecule has 1 fully saturated rings. The lowest BCUT2D eigenvalue weighted by molar-refractivity contribution is 0.0486. The first-order chi connectivity index (χ1) is 11.6. The molecule has 128 valence electrons. The van der Waals surface area contributed by atoms with E-state index in [9.17, 15) is 9.18 Å². The summed E-state index contributed by atoms with van der Waals surface area (Å²) in [5.74, 6) is -0.442. The highest BCUT2D eigenvalue weighted by Gasteiger charge is 2.35. The molecule has 2 heterocycles. The zero-order chi connectivity index (χ0) is 17.0. The van der Waals surface area contributed by atoms with Gasteiger partial charge >= 0.3 is 0 Å². The molecule has 0 atom stereocenters. The van der Waals surface area contributed by atoms with Crippen LogP contribution in [0.3, 0.4) is 0 Å². The molecule has 3 rings (SSSR count). The molecule has 1 N–H and O–H groups in total. The molecular weight excluding hydrogens is 347 g/mol. The normalized spacial score (nSPS) is 16.8. The summed E-state index contributed by atoms with van der Waals surface area (Å²) in [7, 11) is 0. The van der Waals surface area contributed by atoms with Gasteiger partial charge in [-0.2, -0.15) is 0 Å². The number of thiazole rings is 1. The Morgan fingerprint density at radius 3 is 2.92 bits per heavy atom. The van der Waals surface area contributed by atoms with Crippen molar-refractivity contribution in [1.29, 1.82) is 0 Å². The number of nitrogens with one attached hydrogen (secondary N) is 1. The number of ether oxygens (including phenoxy) is 1. The Morgan fingerprint density at radius 2 is 2.25 bits per heavy atom. The topological polar surface area (TPSA) is 51.2 Å². The highest BCUT2D eigenvalue weighted by molar-refractivity contribution is 8.00. The van der Waals surface area contributed by atoms with Gasteiger partial charge < -0.3 is 10.1 Å². The molecule has 0 bridgehead atoms. The van der Waals surface area contributed by atoms with E-state index >= 15 is 0 Å². The van der Waals surface area contributed by atoms with Crippen LogP contribution < -0.4 is 5.32 Å². The number of halogens is 1. The summed E-state index contributed by atoms with van der Waals surface area (Å²) >= 11 is 2.98. The predicted octanol–water partition coefficient (Wildman–Crippen LogP) is 3.48. The van der Waals surface area contributed by atoms with Gasteiger partial charge in [-0.25, -0.2) is 9.37 Å². The third kappa shape index (κ3) is 3.79. The number of aromatic nitrogens is 1. The van der Waals surface area contributed by atoms with Gasteiger partial charge in [-0.15, -0.1) is 11.3 Å². The third-order valence-corrected chi connectivity index (χ3v) is 6.23. The minimum atomic E-state index is -0.297. The largest absolute Gasteiger partial charge is 0.381 e. The van der Waals surface area contributed by atoms with E-state index in [0.717, 1.165) is 22.7 Å². The van der Waals surface area contributed by atoms with Crippen molar-refractivity contribution in [2.75, 3.05) is 26.0 Å². The molecular formula is C17H19FN2O2S2. The quantitative estimate of drug-likeness (QED) is 0.823. The summed E-state index contributed by atoms with van der Waals surface area (Å²) in [6.45, 7) is 1.67. The molecule has 0 spiro atoms. The van der Waals surface area contributed by atoms with Crippen molar-refractivity contribution >= 4 is 29.0 Å². The number of thioether (sulfide) groups is 1. The molecule has 1 saturated heterocycles. The predicted molar refractivity (Wildman–Crippen MR) is 94.4 cm³/mol. The second-order valence-corrected chi connectivity index (χ2v) is 7.70. The van der Waals surface area contributed by atoms with E-state index in [0.29, 0.717) is 25.5 Å². The summed E-state index contributed by atoms with van der Waals surface area (Å²) in [5.41, 5.74) is 1.05. The van der Waals surface area contributed by atoms with Crippen molar-refractivity contribution in [3.8, 4) is 0 Å². The van der Waals surface area contributed by atoms with Crippen LogP contribution in [0.4, 0.5) is 4.39 Å². The van der Waals surface area contributed by atoms with Gasteiger partial charge in [-0.05, 0) is 36.8 Å². The fourth-order valence-corrected chi connectivity index (χ4v) is 4.19.